The third-order valence-corrected chi connectivity index (χ3v) is 2.57. The van der Waals surface area contributed by atoms with Crippen LogP contribution in [0.5, 0.6) is 0 Å². The van der Waals surface area contributed by atoms with Crippen molar-refractivity contribution in [2.75, 3.05) is 13.6 Å². The van der Waals surface area contributed by atoms with Crippen LogP contribution < -0.4 is 0 Å². The second-order valence-corrected chi connectivity index (χ2v) is 4.24. The molecule has 0 saturated heterocycles. The number of carbonyl (C=O) groups is 2. The van der Waals surface area contributed by atoms with Gasteiger partial charge in [-0.2, -0.15) is 0 Å². The normalized spacial score (nSPS) is 11.1. The predicted octanol–water partition coefficient (Wildman–Crippen LogP) is 2.69. The molecule has 1 rings (SSSR count). The van der Waals surface area contributed by atoms with E-state index in [2.05, 4.69) is 0 Å². The zero-order valence-electron chi connectivity index (χ0n) is 11.4. The lowest BCUT2D eigenvalue weighted by atomic mass is 10.2. The highest BCUT2D eigenvalue weighted by Gasteiger charge is 2.02. The Hall–Kier alpha value is -2.16. The lowest BCUT2D eigenvalue weighted by Gasteiger charge is -2.12. The summed E-state index contributed by atoms with van der Waals surface area (Å²) in [5.41, 5.74) is 0.957. The number of carbonyl (C=O) groups excluding carboxylic acids is 2. The zero-order chi connectivity index (χ0) is 14.1. The Labute approximate surface area is 114 Å². The Bertz CT molecular complexity index is 475. The number of amides is 1. The summed E-state index contributed by atoms with van der Waals surface area (Å²) in [5, 5.41) is 0. The molecule has 0 unspecified atom stereocenters. The van der Waals surface area contributed by atoms with Crippen LogP contribution in [0.15, 0.2) is 48.6 Å². The van der Waals surface area contributed by atoms with Crippen LogP contribution in [0.25, 0.3) is 6.08 Å². The third kappa shape index (κ3) is 5.82. The summed E-state index contributed by atoms with van der Waals surface area (Å²) in [6.45, 7) is 2.69. The van der Waals surface area contributed by atoms with Crippen molar-refractivity contribution in [2.24, 2.45) is 0 Å². The minimum absolute atomic E-state index is 0.150. The highest BCUT2D eigenvalue weighted by molar-refractivity contribution is 6.05. The summed E-state index contributed by atoms with van der Waals surface area (Å²) < 4.78 is 0. The molecular formula is C16H19NO2. The van der Waals surface area contributed by atoms with Crippen LogP contribution in [0.2, 0.25) is 0 Å². The van der Waals surface area contributed by atoms with Crippen LogP contribution in [0.3, 0.4) is 0 Å². The Morgan fingerprint density at radius 3 is 2.42 bits per heavy atom. The van der Waals surface area contributed by atoms with E-state index in [9.17, 15) is 9.59 Å². The van der Waals surface area contributed by atoms with Gasteiger partial charge in [-0.15, -0.1) is 0 Å². The summed E-state index contributed by atoms with van der Waals surface area (Å²) in [4.78, 5) is 24.7. The first-order valence-corrected chi connectivity index (χ1v) is 6.33. The molecule has 0 atom stereocenters. The predicted molar refractivity (Wildman–Crippen MR) is 77.6 cm³/mol. The second-order valence-electron chi connectivity index (χ2n) is 4.24. The number of allylic oxidation sites excluding steroid dienone is 2. The third-order valence-electron chi connectivity index (χ3n) is 2.57. The van der Waals surface area contributed by atoms with Crippen molar-refractivity contribution in [2.45, 2.75) is 13.3 Å². The molecule has 3 nitrogen and oxygen atoms in total. The molecule has 1 aromatic carbocycles. The molecular weight excluding hydrogens is 238 g/mol. The molecule has 0 N–H and O–H groups in total. The van der Waals surface area contributed by atoms with Gasteiger partial charge >= 0.3 is 0 Å². The van der Waals surface area contributed by atoms with Crippen molar-refractivity contribution in [1.29, 1.82) is 0 Å². The number of likely N-dealkylation sites (N-methyl/N-ethyl adjacent to an activating group) is 1. The minimum atomic E-state index is -0.192. The van der Waals surface area contributed by atoms with Gasteiger partial charge < -0.3 is 4.90 Å². The van der Waals surface area contributed by atoms with Gasteiger partial charge in [-0.3, -0.25) is 9.59 Å². The Balaban J connectivity index is 2.51. The van der Waals surface area contributed by atoms with Crippen molar-refractivity contribution < 1.29 is 9.59 Å². The average Bonchev–Trinajstić information content (AvgIpc) is 2.43. The maximum Gasteiger partial charge on any atom is 0.246 e. The first-order chi connectivity index (χ1) is 9.13. The molecule has 0 aliphatic rings. The number of nitrogens with zero attached hydrogens (tertiary/aromatic N) is 1. The van der Waals surface area contributed by atoms with Gasteiger partial charge in [0.1, 0.15) is 0 Å². The molecule has 3 heteroatoms. The van der Waals surface area contributed by atoms with Crippen LogP contribution in [-0.2, 0) is 9.59 Å². The highest BCUT2D eigenvalue weighted by atomic mass is 16.2. The zero-order valence-corrected chi connectivity index (χ0v) is 11.4. The minimum Gasteiger partial charge on any atom is -0.342 e. The summed E-state index contributed by atoms with van der Waals surface area (Å²) in [5.74, 6) is -0.342. The number of hydrogen-bond acceptors (Lipinski definition) is 2. The van der Waals surface area contributed by atoms with E-state index in [4.69, 9.17) is 0 Å². The average molecular weight is 257 g/mol. The molecule has 19 heavy (non-hydrogen) atoms. The van der Waals surface area contributed by atoms with Gasteiger partial charge in [0.2, 0.25) is 5.91 Å². The lowest BCUT2D eigenvalue weighted by molar-refractivity contribution is -0.125. The number of benzene rings is 1. The van der Waals surface area contributed by atoms with Gasteiger partial charge in [-0.1, -0.05) is 43.3 Å². The first kappa shape index (κ1) is 14.9. The molecule has 0 fully saturated rings. The molecule has 0 saturated carbocycles. The maximum absolute atomic E-state index is 11.6. The fraction of sp³-hybridized carbons (Fsp3) is 0.250. The van der Waals surface area contributed by atoms with Gasteiger partial charge in [0.25, 0.3) is 0 Å². The lowest BCUT2D eigenvalue weighted by Crippen LogP contribution is -2.25. The van der Waals surface area contributed by atoms with E-state index in [0.717, 1.165) is 12.0 Å². The molecule has 0 aromatic heterocycles. The van der Waals surface area contributed by atoms with Gasteiger partial charge in [0.05, 0.1) is 0 Å². The van der Waals surface area contributed by atoms with Crippen molar-refractivity contribution in [3.05, 3.63) is 54.1 Å². The maximum atomic E-state index is 11.6. The van der Waals surface area contributed by atoms with Gasteiger partial charge in [0.15, 0.2) is 5.78 Å². The number of rotatable bonds is 6. The van der Waals surface area contributed by atoms with E-state index in [0.29, 0.717) is 6.54 Å². The monoisotopic (exact) mass is 257 g/mol. The number of hydrogen-bond donors (Lipinski definition) is 0. The Morgan fingerprint density at radius 2 is 1.79 bits per heavy atom. The molecule has 0 spiro atoms. The van der Waals surface area contributed by atoms with Crippen LogP contribution in [0.4, 0.5) is 0 Å². The van der Waals surface area contributed by atoms with Gasteiger partial charge in [-0.25, -0.2) is 0 Å². The summed E-state index contributed by atoms with van der Waals surface area (Å²) in [6.07, 6.45) is 6.70. The molecule has 0 aliphatic heterocycles. The van der Waals surface area contributed by atoms with Crippen molar-refractivity contribution in [3.8, 4) is 0 Å². The smallest absolute Gasteiger partial charge is 0.246 e. The topological polar surface area (TPSA) is 37.4 Å². The van der Waals surface area contributed by atoms with Crippen LogP contribution in [0, 0.1) is 0 Å². The van der Waals surface area contributed by atoms with Gasteiger partial charge in [0, 0.05) is 19.7 Å². The van der Waals surface area contributed by atoms with Crippen LogP contribution in [-0.4, -0.2) is 30.2 Å². The van der Waals surface area contributed by atoms with Crippen molar-refractivity contribution >= 4 is 17.8 Å². The second kappa shape index (κ2) is 8.03. The standard InChI is InChI=1S/C16H19NO2/c1-3-13-17(2)16(19)12-11-15(18)10-9-14-7-5-4-6-8-14/h4-12H,3,13H2,1-2H3/b10-9+,12-11+. The molecule has 1 aromatic rings. The summed E-state index contributed by atoms with van der Waals surface area (Å²) >= 11 is 0. The Morgan fingerprint density at radius 1 is 1.11 bits per heavy atom. The molecule has 1 amide bonds. The Kier molecular flexibility index (Phi) is 6.30. The SMILES string of the molecule is CCCN(C)C(=O)/C=C/C(=O)/C=C/c1ccccc1. The van der Waals surface area contributed by atoms with Crippen molar-refractivity contribution in [1.82, 2.24) is 4.90 Å². The molecule has 0 aliphatic carbocycles. The van der Waals surface area contributed by atoms with E-state index >= 15 is 0 Å². The molecule has 0 bridgehead atoms. The fourth-order valence-electron chi connectivity index (χ4n) is 1.52. The first-order valence-electron chi connectivity index (χ1n) is 6.33. The van der Waals surface area contributed by atoms with E-state index in [1.54, 1.807) is 18.0 Å². The van der Waals surface area contributed by atoms with E-state index in [1.807, 2.05) is 37.3 Å². The van der Waals surface area contributed by atoms with E-state index in [1.165, 1.54) is 18.2 Å². The highest BCUT2D eigenvalue weighted by Crippen LogP contribution is 2.01. The van der Waals surface area contributed by atoms with E-state index < -0.39 is 0 Å². The molecule has 0 radical (unpaired) electrons. The quantitative estimate of drug-likeness (QED) is 0.735. The van der Waals surface area contributed by atoms with Crippen molar-refractivity contribution in [3.63, 3.8) is 0 Å². The fourth-order valence-corrected chi connectivity index (χ4v) is 1.52. The largest absolute Gasteiger partial charge is 0.342 e. The number of ketones is 1. The van der Waals surface area contributed by atoms with Crippen LogP contribution >= 0.6 is 0 Å². The summed E-state index contributed by atoms with van der Waals surface area (Å²) in [7, 11) is 1.72. The summed E-state index contributed by atoms with van der Waals surface area (Å²) in [6, 6.07) is 9.55. The molecule has 100 valence electrons. The van der Waals surface area contributed by atoms with E-state index in [-0.39, 0.29) is 11.7 Å². The van der Waals surface area contributed by atoms with Crippen LogP contribution in [0.1, 0.15) is 18.9 Å². The molecule has 0 heterocycles. The van der Waals surface area contributed by atoms with Gasteiger partial charge in [-0.05, 0) is 24.1 Å².